The summed E-state index contributed by atoms with van der Waals surface area (Å²) in [6.07, 6.45) is -0.962. The molecule has 2 unspecified atom stereocenters. The first-order valence-corrected chi connectivity index (χ1v) is 8.13. The molecule has 2 aromatic rings. The number of benzene rings is 2. The van der Waals surface area contributed by atoms with Crippen molar-refractivity contribution in [1.29, 1.82) is 0 Å². The van der Waals surface area contributed by atoms with Crippen molar-refractivity contribution in [2.45, 2.75) is 19.1 Å². The lowest BCUT2D eigenvalue weighted by atomic mass is 10.2. The van der Waals surface area contributed by atoms with Gasteiger partial charge in [0.2, 0.25) is 0 Å². The van der Waals surface area contributed by atoms with Gasteiger partial charge in [-0.3, -0.25) is 14.6 Å². The fourth-order valence-corrected chi connectivity index (χ4v) is 2.79. The van der Waals surface area contributed by atoms with E-state index in [1.54, 1.807) is 31.2 Å². The Balaban J connectivity index is 1.64. The number of hydrogen-bond acceptors (Lipinski definition) is 4. The van der Waals surface area contributed by atoms with Crippen molar-refractivity contribution in [2.24, 2.45) is 0 Å². The van der Waals surface area contributed by atoms with Gasteiger partial charge < -0.3 is 9.84 Å². The summed E-state index contributed by atoms with van der Waals surface area (Å²) in [6.45, 7) is 1.58. The van der Waals surface area contributed by atoms with Crippen LogP contribution in [0.2, 0.25) is 0 Å². The number of rotatable bonds is 6. The van der Waals surface area contributed by atoms with Crippen LogP contribution in [-0.2, 0) is 4.79 Å². The lowest BCUT2D eigenvalue weighted by Gasteiger charge is -2.20. The Labute approximate surface area is 146 Å². The number of amides is 3. The molecule has 2 atom stereocenters. The molecule has 1 saturated heterocycles. The summed E-state index contributed by atoms with van der Waals surface area (Å²) in [6, 6.07) is 17.1. The molecular formula is C19H20N2O4. The number of carbonyl (C=O) groups is 2. The summed E-state index contributed by atoms with van der Waals surface area (Å²) in [7, 11) is 0. The van der Waals surface area contributed by atoms with E-state index in [-0.39, 0.29) is 19.1 Å². The predicted octanol–water partition coefficient (Wildman–Crippen LogP) is 2.28. The number of anilines is 1. The first-order chi connectivity index (χ1) is 12.1. The van der Waals surface area contributed by atoms with E-state index in [0.29, 0.717) is 11.4 Å². The second-order valence-corrected chi connectivity index (χ2v) is 5.89. The number of aliphatic hydroxyl groups excluding tert-OH is 1. The fourth-order valence-electron chi connectivity index (χ4n) is 2.79. The fraction of sp³-hybridized carbons (Fsp3) is 0.263. The van der Waals surface area contributed by atoms with Crippen LogP contribution in [0.15, 0.2) is 60.7 Å². The molecule has 0 spiro atoms. The second kappa shape index (κ2) is 7.36. The zero-order valence-electron chi connectivity index (χ0n) is 13.9. The molecule has 1 fully saturated rings. The molecule has 0 aromatic heterocycles. The van der Waals surface area contributed by atoms with Crippen LogP contribution in [0.1, 0.15) is 6.92 Å². The average molecular weight is 340 g/mol. The van der Waals surface area contributed by atoms with E-state index in [1.165, 1.54) is 4.90 Å². The maximum atomic E-state index is 12.6. The predicted molar refractivity (Wildman–Crippen MR) is 93.4 cm³/mol. The molecule has 0 aliphatic carbocycles. The highest BCUT2D eigenvalue weighted by molar-refractivity contribution is 6.14. The van der Waals surface area contributed by atoms with Gasteiger partial charge in [0.25, 0.3) is 5.91 Å². The van der Waals surface area contributed by atoms with Gasteiger partial charge in [-0.05, 0) is 31.2 Å². The Kier molecular flexibility index (Phi) is 5.00. The van der Waals surface area contributed by atoms with Crippen LogP contribution in [0.5, 0.6) is 5.75 Å². The maximum absolute atomic E-state index is 12.6. The average Bonchev–Trinajstić information content (AvgIpc) is 2.85. The Bertz CT molecular complexity index is 736. The van der Waals surface area contributed by atoms with E-state index >= 15 is 0 Å². The summed E-state index contributed by atoms with van der Waals surface area (Å²) in [4.78, 5) is 27.6. The van der Waals surface area contributed by atoms with Crippen LogP contribution in [0, 0.1) is 0 Å². The minimum absolute atomic E-state index is 0.000785. The van der Waals surface area contributed by atoms with Gasteiger partial charge in [0.15, 0.2) is 0 Å². The Morgan fingerprint density at radius 1 is 1.04 bits per heavy atom. The molecule has 1 N–H and O–H groups in total. The lowest BCUT2D eigenvalue weighted by Crippen LogP contribution is -2.40. The Morgan fingerprint density at radius 2 is 1.64 bits per heavy atom. The largest absolute Gasteiger partial charge is 0.491 e. The number of β-amino-alcohol motifs (C(OH)–C–C–N with tert-alkyl or cyclic N) is 1. The topological polar surface area (TPSA) is 70.1 Å². The Morgan fingerprint density at radius 3 is 2.28 bits per heavy atom. The van der Waals surface area contributed by atoms with E-state index in [2.05, 4.69) is 0 Å². The number of imide groups is 1. The molecule has 0 bridgehead atoms. The van der Waals surface area contributed by atoms with Gasteiger partial charge in [-0.25, -0.2) is 4.79 Å². The lowest BCUT2D eigenvalue weighted by molar-refractivity contribution is -0.128. The first-order valence-electron chi connectivity index (χ1n) is 8.13. The molecule has 1 aliphatic heterocycles. The SMILES string of the molecule is CC1C(=O)N(CC(O)COc2ccccc2)C(=O)N1c1ccccc1. The minimum atomic E-state index is -0.962. The number of hydrogen-bond donors (Lipinski definition) is 1. The number of aliphatic hydroxyl groups is 1. The van der Waals surface area contributed by atoms with Crippen LogP contribution in [0.3, 0.4) is 0 Å². The molecule has 1 heterocycles. The molecule has 3 amide bonds. The van der Waals surface area contributed by atoms with Gasteiger partial charge in [0.05, 0.1) is 6.54 Å². The van der Waals surface area contributed by atoms with Crippen LogP contribution < -0.4 is 9.64 Å². The van der Waals surface area contributed by atoms with Crippen molar-refractivity contribution >= 4 is 17.6 Å². The number of nitrogens with zero attached hydrogens (tertiary/aromatic N) is 2. The highest BCUT2D eigenvalue weighted by Crippen LogP contribution is 2.25. The van der Waals surface area contributed by atoms with E-state index in [0.717, 1.165) is 4.90 Å². The normalized spacial score (nSPS) is 18.6. The van der Waals surface area contributed by atoms with Gasteiger partial charge in [-0.15, -0.1) is 0 Å². The van der Waals surface area contributed by atoms with E-state index in [1.807, 2.05) is 36.4 Å². The molecule has 6 heteroatoms. The van der Waals surface area contributed by atoms with Crippen LogP contribution in [0.4, 0.5) is 10.5 Å². The zero-order valence-corrected chi connectivity index (χ0v) is 13.9. The highest BCUT2D eigenvalue weighted by Gasteiger charge is 2.43. The third kappa shape index (κ3) is 3.64. The van der Waals surface area contributed by atoms with Crippen molar-refractivity contribution in [2.75, 3.05) is 18.1 Å². The third-order valence-corrected chi connectivity index (χ3v) is 4.06. The summed E-state index contributed by atoms with van der Waals surface area (Å²) < 4.78 is 5.47. The van der Waals surface area contributed by atoms with Crippen molar-refractivity contribution in [1.82, 2.24) is 4.90 Å². The molecule has 2 aromatic carbocycles. The summed E-state index contributed by atoms with van der Waals surface area (Å²) in [5.41, 5.74) is 0.658. The monoisotopic (exact) mass is 340 g/mol. The van der Waals surface area contributed by atoms with Crippen LogP contribution in [-0.4, -0.2) is 47.2 Å². The molecule has 6 nitrogen and oxygen atoms in total. The van der Waals surface area contributed by atoms with Gasteiger partial charge in [0.1, 0.15) is 24.5 Å². The quantitative estimate of drug-likeness (QED) is 0.819. The maximum Gasteiger partial charge on any atom is 0.332 e. The second-order valence-electron chi connectivity index (χ2n) is 5.89. The van der Waals surface area contributed by atoms with Gasteiger partial charge >= 0.3 is 6.03 Å². The van der Waals surface area contributed by atoms with Gasteiger partial charge in [-0.1, -0.05) is 36.4 Å². The van der Waals surface area contributed by atoms with Crippen LogP contribution in [0.25, 0.3) is 0 Å². The van der Waals surface area contributed by atoms with E-state index < -0.39 is 18.2 Å². The molecule has 130 valence electrons. The zero-order chi connectivity index (χ0) is 17.8. The number of ether oxygens (including phenoxy) is 1. The number of urea groups is 1. The van der Waals surface area contributed by atoms with Crippen molar-refractivity contribution < 1.29 is 19.4 Å². The standard InChI is InChI=1S/C19H20N2O4/c1-14-18(23)20(19(24)21(14)15-8-4-2-5-9-15)12-16(22)13-25-17-10-6-3-7-11-17/h2-11,14,16,22H,12-13H2,1H3. The molecule has 1 aliphatic rings. The summed E-state index contributed by atoms with van der Waals surface area (Å²) >= 11 is 0. The third-order valence-electron chi connectivity index (χ3n) is 4.06. The van der Waals surface area contributed by atoms with Gasteiger partial charge in [0, 0.05) is 5.69 Å². The molecular weight excluding hydrogens is 320 g/mol. The number of para-hydroxylation sites is 2. The highest BCUT2D eigenvalue weighted by atomic mass is 16.5. The van der Waals surface area contributed by atoms with E-state index in [9.17, 15) is 14.7 Å². The van der Waals surface area contributed by atoms with Crippen molar-refractivity contribution in [3.05, 3.63) is 60.7 Å². The molecule has 0 radical (unpaired) electrons. The van der Waals surface area contributed by atoms with Crippen molar-refractivity contribution in [3.63, 3.8) is 0 Å². The molecule has 3 rings (SSSR count). The van der Waals surface area contributed by atoms with Crippen LogP contribution >= 0.6 is 0 Å². The van der Waals surface area contributed by atoms with Crippen molar-refractivity contribution in [3.8, 4) is 5.75 Å². The minimum Gasteiger partial charge on any atom is -0.491 e. The smallest absolute Gasteiger partial charge is 0.332 e. The van der Waals surface area contributed by atoms with Gasteiger partial charge in [-0.2, -0.15) is 0 Å². The first kappa shape index (κ1) is 17.0. The molecule has 25 heavy (non-hydrogen) atoms. The Hall–Kier alpha value is -2.86. The molecule has 0 saturated carbocycles. The summed E-state index contributed by atoms with van der Waals surface area (Å²) in [5.74, 6) is 0.299. The summed E-state index contributed by atoms with van der Waals surface area (Å²) in [5, 5.41) is 10.2. The van der Waals surface area contributed by atoms with E-state index in [4.69, 9.17) is 4.74 Å². The number of carbonyl (C=O) groups excluding carboxylic acids is 2.